The lowest BCUT2D eigenvalue weighted by molar-refractivity contribution is -0.118. The van der Waals surface area contributed by atoms with Crippen molar-refractivity contribution >= 4 is 56.8 Å². The topological polar surface area (TPSA) is 36.4 Å². The molecule has 31 heavy (non-hydrogen) atoms. The van der Waals surface area contributed by atoms with Crippen LogP contribution in [0.3, 0.4) is 0 Å². The van der Waals surface area contributed by atoms with Gasteiger partial charge in [-0.05, 0) is 62.5 Å². The van der Waals surface area contributed by atoms with Gasteiger partial charge < -0.3 is 4.90 Å². The summed E-state index contributed by atoms with van der Waals surface area (Å²) in [6.07, 6.45) is 2.48. The Bertz CT molecular complexity index is 1020. The first-order valence-corrected chi connectivity index (χ1v) is 12.5. The number of thioether (sulfide) groups is 1. The molecule has 0 bridgehead atoms. The second-order valence-electron chi connectivity index (χ2n) is 7.51. The molecule has 168 valence electrons. The molecule has 2 aromatic carbocycles. The maximum atomic E-state index is 13.4. The molecule has 7 heteroatoms. The number of rotatable bonds is 9. The molecule has 0 radical (unpaired) electrons. The van der Waals surface area contributed by atoms with Crippen LogP contribution in [0.2, 0.25) is 0 Å². The third-order valence-electron chi connectivity index (χ3n) is 5.49. The Labute approximate surface area is 200 Å². The molecule has 0 saturated carbocycles. The Hall–Kier alpha value is -1.60. The molecule has 4 nitrogen and oxygen atoms in total. The van der Waals surface area contributed by atoms with E-state index in [2.05, 4.69) is 75.2 Å². The predicted molar refractivity (Wildman–Crippen MR) is 138 cm³/mol. The van der Waals surface area contributed by atoms with Crippen LogP contribution in [0.25, 0.3) is 10.2 Å². The van der Waals surface area contributed by atoms with Gasteiger partial charge in [-0.2, -0.15) is 0 Å². The summed E-state index contributed by atoms with van der Waals surface area (Å²) in [4.78, 5) is 23.7. The summed E-state index contributed by atoms with van der Waals surface area (Å²) in [5, 5.41) is 0.796. The van der Waals surface area contributed by atoms with E-state index in [1.54, 1.807) is 23.1 Å². The van der Waals surface area contributed by atoms with Crippen LogP contribution in [0.1, 0.15) is 30.5 Å². The summed E-state index contributed by atoms with van der Waals surface area (Å²) in [5.74, 6) is 0.109. The number of benzene rings is 2. The molecule has 3 aromatic rings. The lowest BCUT2D eigenvalue weighted by Gasteiger charge is -2.25. The quantitative estimate of drug-likeness (QED) is 0.355. The van der Waals surface area contributed by atoms with Gasteiger partial charge in [0, 0.05) is 18.0 Å². The number of aromatic nitrogens is 1. The SMILES string of the molecule is CCN(CC)CCN(C(=O)Cc1ccc(C)cc1C)c1nc2ccc(SC)cc2s1.Cl. The number of hydrogen-bond acceptors (Lipinski definition) is 5. The van der Waals surface area contributed by atoms with E-state index >= 15 is 0 Å². The zero-order chi connectivity index (χ0) is 21.7. The van der Waals surface area contributed by atoms with E-state index in [0.29, 0.717) is 13.0 Å². The number of thiazole rings is 1. The van der Waals surface area contributed by atoms with Gasteiger partial charge in [-0.3, -0.25) is 9.69 Å². The van der Waals surface area contributed by atoms with Crippen molar-refractivity contribution in [1.29, 1.82) is 0 Å². The van der Waals surface area contributed by atoms with Gasteiger partial charge in [0.15, 0.2) is 5.13 Å². The average Bonchev–Trinajstić information content (AvgIpc) is 3.15. The fourth-order valence-corrected chi connectivity index (χ4v) is 5.11. The molecule has 0 aliphatic carbocycles. The fourth-order valence-electron chi connectivity index (χ4n) is 3.55. The first-order chi connectivity index (χ1) is 14.4. The number of halogens is 1. The third-order valence-corrected chi connectivity index (χ3v) is 7.26. The van der Waals surface area contributed by atoms with Crippen LogP contribution in [0.4, 0.5) is 5.13 Å². The Morgan fingerprint density at radius 2 is 1.81 bits per heavy atom. The smallest absolute Gasteiger partial charge is 0.233 e. The monoisotopic (exact) mass is 477 g/mol. The largest absolute Gasteiger partial charge is 0.302 e. The van der Waals surface area contributed by atoms with Gasteiger partial charge in [-0.15, -0.1) is 24.2 Å². The number of likely N-dealkylation sites (N-methyl/N-ethyl adjacent to an activating group) is 1. The first kappa shape index (κ1) is 25.7. The molecule has 1 aromatic heterocycles. The van der Waals surface area contributed by atoms with Crippen LogP contribution in [-0.2, 0) is 11.2 Å². The molecule has 0 saturated heterocycles. The van der Waals surface area contributed by atoms with Gasteiger partial charge in [-0.25, -0.2) is 4.98 Å². The van der Waals surface area contributed by atoms with Crippen LogP contribution >= 0.6 is 35.5 Å². The molecule has 1 amide bonds. The molecule has 1 heterocycles. The van der Waals surface area contributed by atoms with Crippen LogP contribution in [-0.4, -0.2) is 48.2 Å². The third kappa shape index (κ3) is 6.45. The molecular weight excluding hydrogens is 446 g/mol. The first-order valence-electron chi connectivity index (χ1n) is 10.5. The lowest BCUT2D eigenvalue weighted by atomic mass is 10.0. The Morgan fingerprint density at radius 1 is 1.06 bits per heavy atom. The maximum absolute atomic E-state index is 13.4. The number of carbonyl (C=O) groups excluding carboxylic acids is 1. The minimum Gasteiger partial charge on any atom is -0.302 e. The molecule has 0 N–H and O–H groups in total. The van der Waals surface area contributed by atoms with Crippen molar-refractivity contribution in [3.8, 4) is 0 Å². The summed E-state index contributed by atoms with van der Waals surface area (Å²) in [5.41, 5.74) is 4.43. The standard InChI is InChI=1S/C24H31N3OS2.ClH/c1-6-26(7-2)12-13-27(23(28)15-19-9-8-17(3)14-18(19)4)24-25-21-11-10-20(29-5)16-22(21)30-24;/h8-11,14,16H,6-7,12-13,15H2,1-5H3;1H. The summed E-state index contributed by atoms with van der Waals surface area (Å²) in [6, 6.07) is 12.6. The van der Waals surface area contributed by atoms with Crippen molar-refractivity contribution in [2.24, 2.45) is 0 Å². The Kier molecular flexibility index (Phi) is 9.82. The molecule has 0 fully saturated rings. The number of anilines is 1. The summed E-state index contributed by atoms with van der Waals surface area (Å²) in [6.45, 7) is 11.9. The molecule has 0 spiro atoms. The van der Waals surface area contributed by atoms with E-state index in [4.69, 9.17) is 4.98 Å². The van der Waals surface area contributed by atoms with Gasteiger partial charge in [0.25, 0.3) is 0 Å². The maximum Gasteiger partial charge on any atom is 0.233 e. The van der Waals surface area contributed by atoms with E-state index in [1.165, 1.54) is 16.0 Å². The van der Waals surface area contributed by atoms with Gasteiger partial charge in [0.1, 0.15) is 0 Å². The molecule has 0 unspecified atom stereocenters. The molecular formula is C24H32ClN3OS2. The summed E-state index contributed by atoms with van der Waals surface area (Å²) >= 11 is 3.33. The molecule has 0 aliphatic heterocycles. The average molecular weight is 478 g/mol. The van der Waals surface area contributed by atoms with Crippen LogP contribution in [0.15, 0.2) is 41.3 Å². The molecule has 0 aliphatic rings. The summed E-state index contributed by atoms with van der Waals surface area (Å²) < 4.78 is 1.13. The minimum absolute atomic E-state index is 0. The second kappa shape index (κ2) is 11.9. The van der Waals surface area contributed by atoms with E-state index in [0.717, 1.165) is 40.5 Å². The Balaban J connectivity index is 0.00000341. The number of amides is 1. The van der Waals surface area contributed by atoms with Crippen molar-refractivity contribution in [2.45, 2.75) is 39.0 Å². The van der Waals surface area contributed by atoms with Crippen molar-refractivity contribution in [3.63, 3.8) is 0 Å². The van der Waals surface area contributed by atoms with Crippen LogP contribution in [0.5, 0.6) is 0 Å². The van der Waals surface area contributed by atoms with Crippen molar-refractivity contribution in [3.05, 3.63) is 53.1 Å². The van der Waals surface area contributed by atoms with E-state index in [1.807, 2.05) is 4.90 Å². The number of hydrogen-bond donors (Lipinski definition) is 0. The number of nitrogens with zero attached hydrogens (tertiary/aromatic N) is 3. The lowest BCUT2D eigenvalue weighted by Crippen LogP contribution is -2.39. The highest BCUT2D eigenvalue weighted by Gasteiger charge is 2.21. The van der Waals surface area contributed by atoms with E-state index < -0.39 is 0 Å². The van der Waals surface area contributed by atoms with Gasteiger partial charge in [-0.1, -0.05) is 48.9 Å². The molecule has 3 rings (SSSR count). The zero-order valence-electron chi connectivity index (χ0n) is 19.0. The fraction of sp³-hybridized carbons (Fsp3) is 0.417. The number of aryl methyl sites for hydroxylation is 2. The highest BCUT2D eigenvalue weighted by molar-refractivity contribution is 7.98. The number of carbonyl (C=O) groups is 1. The van der Waals surface area contributed by atoms with Crippen LogP contribution in [0, 0.1) is 13.8 Å². The van der Waals surface area contributed by atoms with E-state index in [-0.39, 0.29) is 18.3 Å². The van der Waals surface area contributed by atoms with Gasteiger partial charge in [0.2, 0.25) is 5.91 Å². The highest BCUT2D eigenvalue weighted by atomic mass is 35.5. The normalized spacial score (nSPS) is 11.0. The van der Waals surface area contributed by atoms with Gasteiger partial charge >= 0.3 is 0 Å². The van der Waals surface area contributed by atoms with Crippen molar-refractivity contribution in [2.75, 3.05) is 37.3 Å². The zero-order valence-corrected chi connectivity index (χ0v) is 21.4. The molecule has 0 atom stereocenters. The highest BCUT2D eigenvalue weighted by Crippen LogP contribution is 2.32. The second-order valence-corrected chi connectivity index (χ2v) is 9.40. The predicted octanol–water partition coefficient (Wildman–Crippen LogP) is 5.97. The van der Waals surface area contributed by atoms with Gasteiger partial charge in [0.05, 0.1) is 16.6 Å². The summed E-state index contributed by atoms with van der Waals surface area (Å²) in [7, 11) is 0. The van der Waals surface area contributed by atoms with E-state index in [9.17, 15) is 4.79 Å². The minimum atomic E-state index is 0. The van der Waals surface area contributed by atoms with Crippen molar-refractivity contribution in [1.82, 2.24) is 9.88 Å². The van der Waals surface area contributed by atoms with Crippen LogP contribution < -0.4 is 4.90 Å². The Morgan fingerprint density at radius 3 is 2.45 bits per heavy atom. The number of fused-ring (bicyclic) bond motifs is 1. The van der Waals surface area contributed by atoms with Crippen molar-refractivity contribution < 1.29 is 4.79 Å².